The van der Waals surface area contributed by atoms with Crippen LogP contribution < -0.4 is 21.3 Å². The first kappa shape index (κ1) is 21.9. The summed E-state index contributed by atoms with van der Waals surface area (Å²) in [5.74, 6) is 1.79. The van der Waals surface area contributed by atoms with E-state index in [9.17, 15) is 13.2 Å². The lowest BCUT2D eigenvalue weighted by molar-refractivity contribution is -0.137. The van der Waals surface area contributed by atoms with Crippen molar-refractivity contribution in [2.75, 3.05) is 34.4 Å². The van der Waals surface area contributed by atoms with Gasteiger partial charge in [-0.1, -0.05) is 0 Å². The van der Waals surface area contributed by atoms with Crippen LogP contribution in [0.3, 0.4) is 0 Å². The highest BCUT2D eigenvalue weighted by atomic mass is 19.4. The number of alkyl halides is 3. The normalized spacial score (nSPS) is 15.0. The Balaban J connectivity index is 1.74. The summed E-state index contributed by atoms with van der Waals surface area (Å²) in [5, 5.41) is 7.26. The van der Waals surface area contributed by atoms with Gasteiger partial charge in [0.25, 0.3) is 0 Å². The fourth-order valence-electron chi connectivity index (χ4n) is 3.54. The second-order valence-electron chi connectivity index (χ2n) is 8.35. The van der Waals surface area contributed by atoms with Crippen molar-refractivity contribution < 1.29 is 13.2 Å². The number of nitrogens with zero attached hydrogens (tertiary/aromatic N) is 4. The van der Waals surface area contributed by atoms with Crippen molar-refractivity contribution in [1.29, 1.82) is 0 Å². The molecule has 0 amide bonds. The van der Waals surface area contributed by atoms with E-state index in [1.54, 1.807) is 19.2 Å². The highest BCUT2D eigenvalue weighted by molar-refractivity contribution is 5.91. The van der Waals surface area contributed by atoms with Crippen LogP contribution in [0.2, 0.25) is 0 Å². The Bertz CT molecular complexity index is 1130. The molecule has 0 bridgehead atoms. The van der Waals surface area contributed by atoms with Crippen molar-refractivity contribution in [1.82, 2.24) is 15.0 Å². The number of fused-ring (bicyclic) bond motifs is 1. The van der Waals surface area contributed by atoms with Crippen LogP contribution in [0.15, 0.2) is 30.5 Å². The molecule has 170 valence electrons. The summed E-state index contributed by atoms with van der Waals surface area (Å²) in [4.78, 5) is 15.8. The Labute approximate surface area is 184 Å². The molecule has 1 aliphatic rings. The van der Waals surface area contributed by atoms with Gasteiger partial charge in [0.2, 0.25) is 5.95 Å². The lowest BCUT2D eigenvalue weighted by atomic mass is 10.0. The predicted molar refractivity (Wildman–Crippen MR) is 121 cm³/mol. The number of benzene rings is 1. The van der Waals surface area contributed by atoms with Gasteiger partial charge in [-0.2, -0.15) is 18.2 Å². The van der Waals surface area contributed by atoms with E-state index in [2.05, 4.69) is 25.5 Å². The topological polar surface area (TPSA) is 92.0 Å². The standard InChI is InChI=1S/C22H26F3N7/c1-12(2)28-19-10-17-18(11-27-19)30-21(32-5-4-6-32)31-20(17)29-13(3)14-7-15(22(23,24)25)9-16(26)8-14/h7-13H,4-6,26H2,1-3H3,(H,27,28)(H,29,30,31)/t13-/m1/s1. The average Bonchev–Trinajstić information content (AvgIpc) is 2.65. The molecule has 2 aromatic heterocycles. The largest absolute Gasteiger partial charge is 0.416 e. The van der Waals surface area contributed by atoms with E-state index in [0.717, 1.165) is 37.0 Å². The summed E-state index contributed by atoms with van der Waals surface area (Å²) in [6.07, 6.45) is -1.72. The van der Waals surface area contributed by atoms with Gasteiger partial charge in [0, 0.05) is 30.2 Å². The second kappa shape index (κ2) is 8.33. The summed E-state index contributed by atoms with van der Waals surface area (Å²) in [5.41, 5.74) is 6.12. The molecule has 7 nitrogen and oxygen atoms in total. The lowest BCUT2D eigenvalue weighted by Crippen LogP contribution is -2.38. The van der Waals surface area contributed by atoms with Gasteiger partial charge in [0.15, 0.2) is 0 Å². The number of nitrogens with one attached hydrogen (secondary N) is 2. The first-order chi connectivity index (χ1) is 15.1. The van der Waals surface area contributed by atoms with E-state index in [0.29, 0.717) is 28.7 Å². The Kier molecular flexibility index (Phi) is 5.70. The molecule has 1 atom stereocenters. The molecule has 0 spiro atoms. The molecule has 0 radical (unpaired) electrons. The van der Waals surface area contributed by atoms with Gasteiger partial charge >= 0.3 is 6.18 Å². The maximum Gasteiger partial charge on any atom is 0.416 e. The van der Waals surface area contributed by atoms with Crippen LogP contribution in [-0.4, -0.2) is 34.1 Å². The average molecular weight is 445 g/mol. The van der Waals surface area contributed by atoms with Gasteiger partial charge in [-0.15, -0.1) is 0 Å². The molecule has 3 aromatic rings. The number of hydrogen-bond donors (Lipinski definition) is 3. The minimum atomic E-state index is -4.47. The molecule has 1 saturated heterocycles. The molecule has 10 heteroatoms. The van der Waals surface area contributed by atoms with Crippen LogP contribution in [-0.2, 0) is 6.18 Å². The highest BCUT2D eigenvalue weighted by Crippen LogP contribution is 2.34. The molecule has 0 aliphatic carbocycles. The van der Waals surface area contributed by atoms with Gasteiger partial charge in [0.1, 0.15) is 11.6 Å². The molecule has 0 saturated carbocycles. The van der Waals surface area contributed by atoms with Crippen LogP contribution in [0.5, 0.6) is 0 Å². The van der Waals surface area contributed by atoms with Gasteiger partial charge < -0.3 is 21.3 Å². The lowest BCUT2D eigenvalue weighted by Gasteiger charge is -2.31. The summed E-state index contributed by atoms with van der Waals surface area (Å²) < 4.78 is 39.8. The third kappa shape index (κ3) is 4.63. The minimum absolute atomic E-state index is 0.0601. The maximum atomic E-state index is 13.3. The molecule has 1 aromatic carbocycles. The van der Waals surface area contributed by atoms with Gasteiger partial charge in [-0.05, 0) is 57.0 Å². The van der Waals surface area contributed by atoms with Crippen molar-refractivity contribution in [2.45, 2.75) is 45.5 Å². The fourth-order valence-corrected chi connectivity index (χ4v) is 3.54. The monoisotopic (exact) mass is 445 g/mol. The first-order valence-electron chi connectivity index (χ1n) is 10.5. The van der Waals surface area contributed by atoms with Crippen molar-refractivity contribution in [3.8, 4) is 0 Å². The SMILES string of the molecule is CC(C)Nc1cc2c(N[C@H](C)c3cc(N)cc(C(F)(F)F)c3)nc(N3CCC3)nc2cn1. The number of halogens is 3. The van der Waals surface area contributed by atoms with E-state index in [-0.39, 0.29) is 11.7 Å². The van der Waals surface area contributed by atoms with E-state index < -0.39 is 17.8 Å². The third-order valence-corrected chi connectivity index (χ3v) is 5.30. The fraction of sp³-hybridized carbons (Fsp3) is 0.409. The van der Waals surface area contributed by atoms with E-state index >= 15 is 0 Å². The van der Waals surface area contributed by atoms with Gasteiger partial charge in [-0.3, -0.25) is 0 Å². The van der Waals surface area contributed by atoms with Gasteiger partial charge in [-0.25, -0.2) is 9.97 Å². The molecule has 32 heavy (non-hydrogen) atoms. The number of hydrogen-bond acceptors (Lipinski definition) is 7. The van der Waals surface area contributed by atoms with Crippen LogP contribution in [0, 0.1) is 0 Å². The zero-order valence-corrected chi connectivity index (χ0v) is 18.2. The number of pyridine rings is 1. The van der Waals surface area contributed by atoms with Gasteiger partial charge in [0.05, 0.1) is 23.3 Å². The van der Waals surface area contributed by atoms with E-state index in [4.69, 9.17) is 10.7 Å². The Morgan fingerprint density at radius 3 is 2.41 bits per heavy atom. The smallest absolute Gasteiger partial charge is 0.399 e. The number of rotatable bonds is 6. The van der Waals surface area contributed by atoms with E-state index in [1.165, 1.54) is 0 Å². The first-order valence-corrected chi connectivity index (χ1v) is 10.5. The van der Waals surface area contributed by atoms with Crippen LogP contribution in [0.25, 0.3) is 10.9 Å². The molecule has 0 unspecified atom stereocenters. The summed E-state index contributed by atoms with van der Waals surface area (Å²) in [7, 11) is 0. The molecule has 3 heterocycles. The Hall–Kier alpha value is -3.30. The quantitative estimate of drug-likeness (QED) is 0.468. The molecule has 4 N–H and O–H groups in total. The molecule has 1 fully saturated rings. The number of anilines is 4. The number of nitrogens with two attached hydrogens (primary N) is 1. The molecular weight excluding hydrogens is 419 g/mol. The summed E-state index contributed by atoms with van der Waals surface area (Å²) >= 11 is 0. The van der Waals surface area contributed by atoms with Crippen LogP contribution in [0.1, 0.15) is 44.4 Å². The zero-order chi connectivity index (χ0) is 23.0. The predicted octanol–water partition coefficient (Wildman–Crippen LogP) is 4.83. The second-order valence-corrected chi connectivity index (χ2v) is 8.35. The van der Waals surface area contributed by atoms with Crippen LogP contribution >= 0.6 is 0 Å². The summed E-state index contributed by atoms with van der Waals surface area (Å²) in [6, 6.07) is 5.15. The summed E-state index contributed by atoms with van der Waals surface area (Å²) in [6.45, 7) is 7.53. The minimum Gasteiger partial charge on any atom is -0.399 e. The number of aromatic nitrogens is 3. The van der Waals surface area contributed by atoms with Crippen molar-refractivity contribution in [3.05, 3.63) is 41.6 Å². The molecular formula is C22H26F3N7. The maximum absolute atomic E-state index is 13.3. The molecule has 1 aliphatic heterocycles. The van der Waals surface area contributed by atoms with Crippen molar-refractivity contribution in [3.63, 3.8) is 0 Å². The Morgan fingerprint density at radius 1 is 1.03 bits per heavy atom. The third-order valence-electron chi connectivity index (χ3n) is 5.30. The highest BCUT2D eigenvalue weighted by Gasteiger charge is 2.31. The van der Waals surface area contributed by atoms with Crippen molar-refractivity contribution >= 4 is 34.2 Å². The van der Waals surface area contributed by atoms with Crippen LogP contribution in [0.4, 0.5) is 36.4 Å². The van der Waals surface area contributed by atoms with E-state index in [1.807, 2.05) is 19.9 Å². The zero-order valence-electron chi connectivity index (χ0n) is 18.2. The van der Waals surface area contributed by atoms with Crippen molar-refractivity contribution in [2.24, 2.45) is 0 Å². The Morgan fingerprint density at radius 2 is 1.78 bits per heavy atom. The molecule has 4 rings (SSSR count). The number of nitrogen functional groups attached to an aromatic ring is 1.